The first-order valence-corrected chi connectivity index (χ1v) is 9.99. The van der Waals surface area contributed by atoms with Crippen LogP contribution in [0.1, 0.15) is 16.8 Å². The van der Waals surface area contributed by atoms with Gasteiger partial charge >= 0.3 is 12.4 Å². The summed E-state index contributed by atoms with van der Waals surface area (Å²) in [5.74, 6) is -0.186. The van der Waals surface area contributed by atoms with E-state index in [4.69, 9.17) is 0 Å². The number of benzene rings is 1. The largest absolute Gasteiger partial charge is 0.433 e. The predicted octanol–water partition coefficient (Wildman–Crippen LogP) is 3.83. The highest BCUT2D eigenvalue weighted by atomic mass is 32.2. The lowest BCUT2D eigenvalue weighted by Gasteiger charge is -2.08. The molecule has 0 spiro atoms. The Morgan fingerprint density at radius 1 is 0.967 bits per heavy atom. The van der Waals surface area contributed by atoms with E-state index in [-0.39, 0.29) is 23.5 Å². The van der Waals surface area contributed by atoms with Crippen molar-refractivity contribution in [3.8, 4) is 11.4 Å². The molecule has 0 atom stereocenters. The third-order valence-corrected chi connectivity index (χ3v) is 4.85. The molecule has 0 saturated carbocycles. The van der Waals surface area contributed by atoms with Gasteiger partial charge in [0.05, 0.1) is 12.1 Å². The highest BCUT2D eigenvalue weighted by molar-refractivity contribution is 7.90. The highest BCUT2D eigenvalue weighted by Crippen LogP contribution is 2.31. The van der Waals surface area contributed by atoms with Crippen molar-refractivity contribution in [3.05, 3.63) is 59.4 Å². The number of nitrogens with zero attached hydrogens (tertiary/aromatic N) is 4. The number of pyridine rings is 1. The van der Waals surface area contributed by atoms with Gasteiger partial charge in [-0.1, -0.05) is 12.1 Å². The van der Waals surface area contributed by atoms with E-state index in [0.717, 1.165) is 47.5 Å². The van der Waals surface area contributed by atoms with Crippen molar-refractivity contribution in [2.24, 2.45) is 0 Å². The molecule has 2 heterocycles. The molecule has 0 bridgehead atoms. The summed E-state index contributed by atoms with van der Waals surface area (Å²) in [5, 5.41) is 3.43. The van der Waals surface area contributed by atoms with E-state index in [9.17, 15) is 34.8 Å². The van der Waals surface area contributed by atoms with Gasteiger partial charge in [0.25, 0.3) is 0 Å². The third kappa shape index (κ3) is 4.78. The molecule has 2 aromatic heterocycles. The normalized spacial score (nSPS) is 12.9. The first-order chi connectivity index (χ1) is 13.7. The van der Waals surface area contributed by atoms with Crippen LogP contribution in [-0.2, 0) is 28.7 Å². The summed E-state index contributed by atoms with van der Waals surface area (Å²) in [6.45, 7) is -0.373. The lowest BCUT2D eigenvalue weighted by atomic mass is 10.1. The third-order valence-electron chi connectivity index (χ3n) is 3.89. The van der Waals surface area contributed by atoms with Gasteiger partial charge in [-0.3, -0.25) is 4.98 Å². The molecule has 0 aliphatic rings. The molecule has 0 radical (unpaired) electrons. The molecule has 30 heavy (non-hydrogen) atoms. The molecule has 13 heteroatoms. The molecule has 3 rings (SSSR count). The monoisotopic (exact) mass is 450 g/mol. The Bertz CT molecular complexity index is 1170. The van der Waals surface area contributed by atoms with Crippen LogP contribution in [0, 0.1) is 0 Å². The minimum atomic E-state index is -4.69. The Labute approximate surface area is 166 Å². The topological polar surface area (TPSA) is 77.7 Å². The average molecular weight is 450 g/mol. The zero-order chi connectivity index (χ0) is 22.3. The minimum absolute atomic E-state index is 0.0612. The van der Waals surface area contributed by atoms with E-state index in [1.54, 1.807) is 0 Å². The molecule has 0 amide bonds. The number of sulfone groups is 1. The number of aromatic nitrogens is 4. The van der Waals surface area contributed by atoms with Crippen molar-refractivity contribution in [1.29, 1.82) is 0 Å². The van der Waals surface area contributed by atoms with Crippen LogP contribution in [-0.4, -0.2) is 34.4 Å². The summed E-state index contributed by atoms with van der Waals surface area (Å²) in [6.07, 6.45) is -7.49. The van der Waals surface area contributed by atoms with E-state index in [0.29, 0.717) is 0 Å². The van der Waals surface area contributed by atoms with Crippen molar-refractivity contribution >= 4 is 9.84 Å². The van der Waals surface area contributed by atoms with Crippen LogP contribution < -0.4 is 0 Å². The Morgan fingerprint density at radius 2 is 1.60 bits per heavy atom. The summed E-state index contributed by atoms with van der Waals surface area (Å²) in [4.78, 5) is 7.08. The molecule has 0 N–H and O–H groups in total. The number of hydrogen-bond acceptors (Lipinski definition) is 5. The zero-order valence-corrected chi connectivity index (χ0v) is 15.8. The van der Waals surface area contributed by atoms with E-state index >= 15 is 0 Å². The fourth-order valence-corrected chi connectivity index (χ4v) is 3.28. The van der Waals surface area contributed by atoms with Crippen LogP contribution in [0.25, 0.3) is 11.4 Å². The van der Waals surface area contributed by atoms with Crippen molar-refractivity contribution in [3.63, 3.8) is 0 Å². The summed E-state index contributed by atoms with van der Waals surface area (Å²) < 4.78 is 102. The fraction of sp³-hybridized carbons (Fsp3) is 0.235. The second-order valence-electron chi connectivity index (χ2n) is 6.27. The molecule has 160 valence electrons. The SMILES string of the molecule is CS(=O)(=O)c1nc(-c2ccc(C(F)(F)F)cc2)nn1Cc1ccnc(C(F)(F)F)c1. The van der Waals surface area contributed by atoms with Crippen LogP contribution in [0.2, 0.25) is 0 Å². The van der Waals surface area contributed by atoms with Crippen molar-refractivity contribution < 1.29 is 34.8 Å². The maximum Gasteiger partial charge on any atom is 0.433 e. The smallest absolute Gasteiger partial charge is 0.252 e. The fourth-order valence-electron chi connectivity index (χ4n) is 2.54. The lowest BCUT2D eigenvalue weighted by molar-refractivity contribution is -0.141. The lowest BCUT2D eigenvalue weighted by Crippen LogP contribution is -2.13. The van der Waals surface area contributed by atoms with Crippen molar-refractivity contribution in [2.45, 2.75) is 24.1 Å². The molecule has 1 aromatic carbocycles. The Morgan fingerprint density at radius 3 is 2.13 bits per heavy atom. The second-order valence-corrected chi connectivity index (χ2v) is 8.18. The predicted molar refractivity (Wildman–Crippen MR) is 91.9 cm³/mol. The first kappa shape index (κ1) is 21.7. The Balaban J connectivity index is 2.01. The van der Waals surface area contributed by atoms with E-state index in [2.05, 4.69) is 15.1 Å². The molecule has 6 nitrogen and oxygen atoms in total. The number of rotatable bonds is 4. The second kappa shape index (κ2) is 7.38. The Kier molecular flexibility index (Phi) is 5.35. The molecule has 0 aliphatic carbocycles. The number of hydrogen-bond donors (Lipinski definition) is 0. The first-order valence-electron chi connectivity index (χ1n) is 8.10. The van der Waals surface area contributed by atoms with Crippen molar-refractivity contribution in [2.75, 3.05) is 6.26 Å². The number of alkyl halides is 6. The van der Waals surface area contributed by atoms with Gasteiger partial charge in [-0.05, 0) is 29.8 Å². The van der Waals surface area contributed by atoms with Gasteiger partial charge in [-0.2, -0.15) is 31.3 Å². The number of halogens is 6. The highest BCUT2D eigenvalue weighted by Gasteiger charge is 2.33. The van der Waals surface area contributed by atoms with Crippen LogP contribution in [0.3, 0.4) is 0 Å². The van der Waals surface area contributed by atoms with Gasteiger partial charge in [0.1, 0.15) is 5.69 Å². The van der Waals surface area contributed by atoms with E-state index in [1.807, 2.05) is 0 Å². The van der Waals surface area contributed by atoms with Crippen LogP contribution in [0.4, 0.5) is 26.3 Å². The van der Waals surface area contributed by atoms with Crippen molar-refractivity contribution in [1.82, 2.24) is 19.7 Å². The van der Waals surface area contributed by atoms with Gasteiger partial charge in [-0.25, -0.2) is 13.1 Å². The summed E-state index contributed by atoms with van der Waals surface area (Å²) in [6, 6.07) is 5.71. The summed E-state index contributed by atoms with van der Waals surface area (Å²) in [7, 11) is -3.94. The molecule has 0 fully saturated rings. The van der Waals surface area contributed by atoms with E-state index < -0.39 is 38.6 Å². The molecule has 3 aromatic rings. The van der Waals surface area contributed by atoms with Gasteiger partial charge in [-0.15, -0.1) is 5.10 Å². The van der Waals surface area contributed by atoms with Gasteiger partial charge in [0, 0.05) is 18.0 Å². The summed E-state index contributed by atoms with van der Waals surface area (Å²) >= 11 is 0. The minimum Gasteiger partial charge on any atom is -0.252 e. The molecule has 0 saturated heterocycles. The maximum atomic E-state index is 12.8. The van der Waals surface area contributed by atoms with Crippen LogP contribution >= 0.6 is 0 Å². The van der Waals surface area contributed by atoms with Gasteiger partial charge < -0.3 is 0 Å². The van der Waals surface area contributed by atoms with Gasteiger partial charge in [0.15, 0.2) is 5.82 Å². The molecule has 0 aliphatic heterocycles. The molecular formula is C17H12F6N4O2S. The quantitative estimate of drug-likeness (QED) is 0.565. The zero-order valence-electron chi connectivity index (χ0n) is 15.0. The van der Waals surface area contributed by atoms with E-state index in [1.165, 1.54) is 6.07 Å². The standard InChI is InChI=1S/C17H12F6N4O2S/c1-30(28,29)15-25-14(11-2-4-12(5-3-11)16(18,19)20)26-27(15)9-10-6-7-24-13(8-10)17(21,22)23/h2-8H,9H2,1H3. The maximum absolute atomic E-state index is 12.8. The molecule has 0 unspecified atom stereocenters. The Hall–Kier alpha value is -2.96. The summed E-state index contributed by atoms with van der Waals surface area (Å²) in [5.41, 5.74) is -1.90. The van der Waals surface area contributed by atoms with Crippen LogP contribution in [0.5, 0.6) is 0 Å². The van der Waals surface area contributed by atoms with Gasteiger partial charge in [0.2, 0.25) is 15.0 Å². The average Bonchev–Trinajstić information content (AvgIpc) is 3.05. The molecular weight excluding hydrogens is 438 g/mol. The van der Waals surface area contributed by atoms with Crippen LogP contribution in [0.15, 0.2) is 47.8 Å².